The average Bonchev–Trinajstić information content (AvgIpc) is 2.59. The zero-order chi connectivity index (χ0) is 18.4. The van der Waals surface area contributed by atoms with Gasteiger partial charge in [0.2, 0.25) is 11.6 Å². The summed E-state index contributed by atoms with van der Waals surface area (Å²) >= 11 is 0. The predicted octanol–water partition coefficient (Wildman–Crippen LogP) is 1.56. The maximum absolute atomic E-state index is 12.3. The number of cyclic esters (lactones) is 1. The highest BCUT2D eigenvalue weighted by molar-refractivity contribution is 6.38. The van der Waals surface area contributed by atoms with Crippen molar-refractivity contribution in [2.75, 3.05) is 13.7 Å². The van der Waals surface area contributed by atoms with Crippen molar-refractivity contribution in [3.63, 3.8) is 0 Å². The molecule has 7 heteroatoms. The van der Waals surface area contributed by atoms with Gasteiger partial charge in [0.25, 0.3) is 0 Å². The van der Waals surface area contributed by atoms with E-state index in [-0.39, 0.29) is 37.2 Å². The molecule has 25 heavy (non-hydrogen) atoms. The lowest BCUT2D eigenvalue weighted by molar-refractivity contribution is -0.141. The van der Waals surface area contributed by atoms with Gasteiger partial charge in [0.1, 0.15) is 23.2 Å². The number of fused-ring (bicyclic) bond motifs is 1. The van der Waals surface area contributed by atoms with E-state index in [0.717, 1.165) is 0 Å². The Kier molecular flexibility index (Phi) is 6.52. The molecular weight excluding hydrogens is 328 g/mol. The van der Waals surface area contributed by atoms with E-state index in [2.05, 4.69) is 0 Å². The molecule has 0 aliphatic carbocycles. The Bertz CT molecular complexity index is 666. The number of methoxy groups -OCH3 is 1. The fourth-order valence-corrected chi connectivity index (χ4v) is 2.76. The molecule has 1 unspecified atom stereocenters. The number of aliphatic hydroxyl groups excluding tert-OH is 1. The fraction of sp³-hybridized carbons (Fsp3) is 0.500. The van der Waals surface area contributed by atoms with Crippen molar-refractivity contribution in [2.24, 2.45) is 0 Å². The number of carbonyl (C=O) groups excluding carboxylic acids is 3. The molecule has 1 atom stereocenters. The Morgan fingerprint density at radius 2 is 1.88 bits per heavy atom. The van der Waals surface area contributed by atoms with Crippen LogP contribution in [-0.2, 0) is 20.7 Å². The second-order valence-corrected chi connectivity index (χ2v) is 5.97. The van der Waals surface area contributed by atoms with Crippen LogP contribution in [0.2, 0.25) is 0 Å². The van der Waals surface area contributed by atoms with Gasteiger partial charge in [-0.05, 0) is 43.7 Å². The minimum absolute atomic E-state index is 0.0393. The van der Waals surface area contributed by atoms with Crippen LogP contribution in [0.1, 0.15) is 48.0 Å². The van der Waals surface area contributed by atoms with Crippen LogP contribution in [0.5, 0.6) is 11.5 Å². The number of Topliss-reactive ketones (excluding diaryl/α,β-unsaturated/α-hetero) is 2. The molecule has 136 valence electrons. The summed E-state index contributed by atoms with van der Waals surface area (Å²) in [4.78, 5) is 36.0. The number of ether oxygens (including phenoxy) is 2. The average molecular weight is 350 g/mol. The van der Waals surface area contributed by atoms with Crippen LogP contribution in [-0.4, -0.2) is 47.6 Å². The summed E-state index contributed by atoms with van der Waals surface area (Å²) in [6.07, 6.45) is 0.270. The van der Waals surface area contributed by atoms with Gasteiger partial charge in [0.05, 0.1) is 13.7 Å². The van der Waals surface area contributed by atoms with E-state index < -0.39 is 23.6 Å². The second-order valence-electron chi connectivity index (χ2n) is 5.97. The zero-order valence-corrected chi connectivity index (χ0v) is 14.1. The molecule has 0 aromatic heterocycles. The lowest BCUT2D eigenvalue weighted by atomic mass is 9.97. The number of aromatic hydroxyl groups is 1. The number of phenolic OH excluding ortho intramolecular Hbond substituents is 1. The first-order valence-electron chi connectivity index (χ1n) is 8.26. The van der Waals surface area contributed by atoms with Gasteiger partial charge in [-0.3, -0.25) is 9.59 Å². The smallest absolute Gasteiger partial charge is 0.342 e. The van der Waals surface area contributed by atoms with E-state index in [1.165, 1.54) is 13.2 Å². The van der Waals surface area contributed by atoms with Crippen LogP contribution in [0.4, 0.5) is 0 Å². The first-order valence-corrected chi connectivity index (χ1v) is 8.26. The minimum Gasteiger partial charge on any atom is -0.507 e. The molecule has 1 aliphatic rings. The Labute approximate surface area is 145 Å². The highest BCUT2D eigenvalue weighted by Crippen LogP contribution is 2.30. The summed E-state index contributed by atoms with van der Waals surface area (Å²) in [6, 6.07) is 2.93. The number of phenols is 1. The summed E-state index contributed by atoms with van der Waals surface area (Å²) in [5, 5.41) is 19.9. The lowest BCUT2D eigenvalue weighted by Crippen LogP contribution is -2.28. The SMILES string of the molecule is COc1cc(O)c2c(c1)CCCC(=O)C(=O)C(O)CCCCOC2=O. The van der Waals surface area contributed by atoms with Crippen LogP contribution in [0.25, 0.3) is 0 Å². The van der Waals surface area contributed by atoms with Crippen molar-refractivity contribution < 1.29 is 34.1 Å². The quantitative estimate of drug-likeness (QED) is 0.584. The third-order valence-corrected chi connectivity index (χ3v) is 4.15. The number of hydrogen-bond acceptors (Lipinski definition) is 7. The molecule has 2 N–H and O–H groups in total. The molecule has 0 saturated heterocycles. The number of aliphatic hydroxyl groups is 1. The van der Waals surface area contributed by atoms with Gasteiger partial charge in [-0.15, -0.1) is 0 Å². The monoisotopic (exact) mass is 350 g/mol. The molecule has 0 saturated carbocycles. The number of ketones is 2. The molecule has 1 aliphatic heterocycles. The number of benzene rings is 1. The predicted molar refractivity (Wildman–Crippen MR) is 87.8 cm³/mol. The Hall–Kier alpha value is -2.41. The van der Waals surface area contributed by atoms with Gasteiger partial charge in [-0.25, -0.2) is 4.79 Å². The van der Waals surface area contributed by atoms with Crippen LogP contribution >= 0.6 is 0 Å². The number of carbonyl (C=O) groups is 3. The highest BCUT2D eigenvalue weighted by atomic mass is 16.5. The van der Waals surface area contributed by atoms with Gasteiger partial charge in [-0.2, -0.15) is 0 Å². The first-order chi connectivity index (χ1) is 11.9. The molecule has 0 fully saturated rings. The molecule has 0 amide bonds. The van der Waals surface area contributed by atoms with Crippen molar-refractivity contribution in [3.8, 4) is 11.5 Å². The Morgan fingerprint density at radius 1 is 1.12 bits per heavy atom. The zero-order valence-electron chi connectivity index (χ0n) is 14.1. The molecular formula is C18H22O7. The number of hydrogen-bond donors (Lipinski definition) is 2. The third-order valence-electron chi connectivity index (χ3n) is 4.15. The van der Waals surface area contributed by atoms with Gasteiger partial charge in [0.15, 0.2) is 0 Å². The molecule has 1 heterocycles. The number of esters is 1. The van der Waals surface area contributed by atoms with E-state index in [1.807, 2.05) is 0 Å². The molecule has 1 aromatic rings. The van der Waals surface area contributed by atoms with Crippen molar-refractivity contribution in [1.29, 1.82) is 0 Å². The summed E-state index contributed by atoms with van der Waals surface area (Å²) in [5.41, 5.74) is 0.538. The second kappa shape index (κ2) is 8.62. The minimum atomic E-state index is -1.30. The molecule has 7 nitrogen and oxygen atoms in total. The maximum Gasteiger partial charge on any atom is 0.342 e. The van der Waals surface area contributed by atoms with Crippen molar-refractivity contribution in [1.82, 2.24) is 0 Å². The number of rotatable bonds is 1. The standard InChI is InChI=1S/C18H22O7/c1-24-12-9-11-5-4-7-14(20)17(22)13(19)6-2-3-8-25-18(23)16(11)15(21)10-12/h9-10,13,19,21H,2-8H2,1H3. The summed E-state index contributed by atoms with van der Waals surface area (Å²) in [7, 11) is 1.44. The normalized spacial score (nSPS) is 20.4. The molecule has 0 radical (unpaired) electrons. The highest BCUT2D eigenvalue weighted by Gasteiger charge is 2.24. The summed E-state index contributed by atoms with van der Waals surface area (Å²) in [6.45, 7) is 0.0958. The van der Waals surface area contributed by atoms with Gasteiger partial charge < -0.3 is 19.7 Å². The fourth-order valence-electron chi connectivity index (χ4n) is 2.76. The maximum atomic E-state index is 12.3. The van der Waals surface area contributed by atoms with E-state index in [4.69, 9.17) is 9.47 Å². The van der Waals surface area contributed by atoms with E-state index >= 15 is 0 Å². The number of aryl methyl sites for hydroxylation is 1. The van der Waals surface area contributed by atoms with Crippen molar-refractivity contribution in [3.05, 3.63) is 23.3 Å². The van der Waals surface area contributed by atoms with Crippen LogP contribution < -0.4 is 4.74 Å². The summed E-state index contributed by atoms with van der Waals surface area (Å²) in [5.74, 6) is -1.91. The van der Waals surface area contributed by atoms with Crippen LogP contribution in [0.3, 0.4) is 0 Å². The third kappa shape index (κ3) is 4.79. The molecule has 2 rings (SSSR count). The van der Waals surface area contributed by atoms with Crippen molar-refractivity contribution >= 4 is 17.5 Å². The van der Waals surface area contributed by atoms with Gasteiger partial charge in [-0.1, -0.05) is 0 Å². The van der Waals surface area contributed by atoms with Gasteiger partial charge in [0, 0.05) is 12.5 Å². The van der Waals surface area contributed by atoms with Gasteiger partial charge >= 0.3 is 5.97 Å². The van der Waals surface area contributed by atoms with E-state index in [9.17, 15) is 24.6 Å². The van der Waals surface area contributed by atoms with Crippen molar-refractivity contribution in [2.45, 2.75) is 44.6 Å². The molecule has 0 bridgehead atoms. The first kappa shape index (κ1) is 18.9. The Morgan fingerprint density at radius 3 is 2.60 bits per heavy atom. The summed E-state index contributed by atoms with van der Waals surface area (Å²) < 4.78 is 10.3. The topological polar surface area (TPSA) is 110 Å². The lowest BCUT2D eigenvalue weighted by Gasteiger charge is -2.14. The van der Waals surface area contributed by atoms with Crippen LogP contribution in [0.15, 0.2) is 12.1 Å². The Balaban J connectivity index is 2.28. The van der Waals surface area contributed by atoms with E-state index in [0.29, 0.717) is 30.6 Å². The molecule has 1 aromatic carbocycles. The largest absolute Gasteiger partial charge is 0.507 e. The molecule has 0 spiro atoms. The van der Waals surface area contributed by atoms with E-state index in [1.54, 1.807) is 6.07 Å². The van der Waals surface area contributed by atoms with Crippen LogP contribution in [0, 0.1) is 0 Å².